The van der Waals surface area contributed by atoms with Crippen LogP contribution in [-0.4, -0.2) is 50.3 Å². The molecule has 4 atom stereocenters. The third kappa shape index (κ3) is 6.10. The van der Waals surface area contributed by atoms with Gasteiger partial charge >= 0.3 is 0 Å². The van der Waals surface area contributed by atoms with Crippen molar-refractivity contribution >= 4 is 17.4 Å². The Kier molecular flexibility index (Phi) is 9.26. The minimum atomic E-state index is -1.67. The maximum absolute atomic E-state index is 11.2. The Morgan fingerprint density at radius 1 is 0.911 bits per heavy atom. The van der Waals surface area contributed by atoms with Gasteiger partial charge in [0, 0.05) is 0 Å². The van der Waals surface area contributed by atoms with Crippen molar-refractivity contribution in [3.63, 3.8) is 0 Å². The van der Waals surface area contributed by atoms with Gasteiger partial charge in [-0.2, -0.15) is 5.26 Å². The fourth-order valence-electron chi connectivity index (χ4n) is 5.80. The first-order valence-corrected chi connectivity index (χ1v) is 16.0. The molecule has 3 aromatic carbocycles. The van der Waals surface area contributed by atoms with Gasteiger partial charge in [-0.25, -0.2) is 14.5 Å². The van der Waals surface area contributed by atoms with Crippen LogP contribution in [0.1, 0.15) is 35.0 Å². The molecule has 3 heterocycles. The molecule has 0 saturated carbocycles. The van der Waals surface area contributed by atoms with Gasteiger partial charge in [0.1, 0.15) is 29.6 Å². The van der Waals surface area contributed by atoms with Crippen LogP contribution >= 0.6 is 11.8 Å². The molecule has 6 rings (SSSR count). The van der Waals surface area contributed by atoms with Crippen LogP contribution in [0.25, 0.3) is 5.65 Å². The van der Waals surface area contributed by atoms with Gasteiger partial charge < -0.3 is 18.9 Å². The molecule has 0 N–H and O–H groups in total. The van der Waals surface area contributed by atoms with Gasteiger partial charge in [-0.3, -0.25) is 0 Å². The number of imidazole rings is 1. The minimum Gasteiger partial charge on any atom is -0.374 e. The van der Waals surface area contributed by atoms with E-state index in [1.54, 1.807) is 10.7 Å². The molecule has 9 nitrogen and oxygen atoms in total. The van der Waals surface area contributed by atoms with Gasteiger partial charge in [-0.1, -0.05) is 103 Å². The van der Waals surface area contributed by atoms with Gasteiger partial charge in [0.05, 0.1) is 38.3 Å². The van der Waals surface area contributed by atoms with Crippen molar-refractivity contribution in [2.75, 3.05) is 12.9 Å². The highest BCUT2D eigenvalue weighted by molar-refractivity contribution is 7.98. The highest BCUT2D eigenvalue weighted by Gasteiger charge is 2.68. The molecule has 0 aliphatic carbocycles. The van der Waals surface area contributed by atoms with E-state index in [0.29, 0.717) is 35.4 Å². The van der Waals surface area contributed by atoms with E-state index in [-0.39, 0.29) is 13.2 Å². The van der Waals surface area contributed by atoms with E-state index in [1.165, 1.54) is 11.8 Å². The van der Waals surface area contributed by atoms with E-state index in [1.807, 2.05) is 111 Å². The molecular formula is C35H35N5O4S. The zero-order valence-corrected chi connectivity index (χ0v) is 26.3. The number of aromatic nitrogens is 4. The van der Waals surface area contributed by atoms with Gasteiger partial charge in [0.25, 0.3) is 0 Å². The topological polar surface area (TPSA) is 104 Å². The summed E-state index contributed by atoms with van der Waals surface area (Å²) in [6.45, 7) is 4.83. The number of hydrogen-bond donors (Lipinski definition) is 0. The van der Waals surface area contributed by atoms with Crippen LogP contribution in [0.2, 0.25) is 0 Å². The predicted molar refractivity (Wildman–Crippen MR) is 170 cm³/mol. The van der Waals surface area contributed by atoms with Crippen molar-refractivity contribution in [2.24, 2.45) is 0 Å². The monoisotopic (exact) mass is 621 g/mol. The molecule has 45 heavy (non-hydrogen) atoms. The fraction of sp³-hybridized carbons (Fsp3) is 0.314. The van der Waals surface area contributed by atoms with E-state index in [4.69, 9.17) is 24.0 Å². The lowest BCUT2D eigenvalue weighted by molar-refractivity contribution is -0.168. The van der Waals surface area contributed by atoms with Crippen LogP contribution in [0, 0.1) is 18.3 Å². The van der Waals surface area contributed by atoms with Gasteiger partial charge in [0.2, 0.25) is 10.8 Å². The van der Waals surface area contributed by atoms with Crippen LogP contribution in [-0.2, 0) is 44.4 Å². The predicted octanol–water partition coefficient (Wildman–Crippen LogP) is 6.05. The molecule has 1 unspecified atom stereocenters. The lowest BCUT2D eigenvalue weighted by atomic mass is 9.79. The Morgan fingerprint density at radius 2 is 1.51 bits per heavy atom. The number of thioether (sulfide) groups is 1. The molecule has 0 amide bonds. The highest BCUT2D eigenvalue weighted by Crippen LogP contribution is 2.51. The molecule has 0 spiro atoms. The van der Waals surface area contributed by atoms with Crippen molar-refractivity contribution in [1.82, 2.24) is 19.6 Å². The number of ether oxygens (including phenoxy) is 4. The van der Waals surface area contributed by atoms with E-state index in [0.717, 1.165) is 16.7 Å². The molecule has 1 aliphatic rings. The van der Waals surface area contributed by atoms with Crippen LogP contribution in [0.4, 0.5) is 0 Å². The molecule has 1 aliphatic heterocycles. The van der Waals surface area contributed by atoms with Crippen molar-refractivity contribution in [2.45, 2.75) is 62.2 Å². The number of fused-ring (bicyclic) bond motifs is 1. The van der Waals surface area contributed by atoms with Crippen LogP contribution in [0.5, 0.6) is 0 Å². The summed E-state index contributed by atoms with van der Waals surface area (Å²) in [6.07, 6.45) is 2.18. The highest BCUT2D eigenvalue weighted by atomic mass is 32.2. The number of nitriles is 1. The number of nitrogens with zero attached hydrogens (tertiary/aromatic N) is 5. The molecule has 0 bridgehead atoms. The van der Waals surface area contributed by atoms with Crippen molar-refractivity contribution in [3.05, 3.63) is 125 Å². The summed E-state index contributed by atoms with van der Waals surface area (Å²) in [5, 5.41) is 16.4. The number of benzene rings is 3. The lowest BCUT2D eigenvalue weighted by Gasteiger charge is -2.39. The molecule has 0 radical (unpaired) electrons. The zero-order valence-electron chi connectivity index (χ0n) is 25.5. The summed E-state index contributed by atoms with van der Waals surface area (Å²) in [4.78, 5) is 9.18. The second-order valence-corrected chi connectivity index (χ2v) is 11.9. The summed E-state index contributed by atoms with van der Waals surface area (Å²) in [5.74, 6) is 0. The Hall–Kier alpha value is -4.11. The summed E-state index contributed by atoms with van der Waals surface area (Å²) < 4.78 is 28.2. The second kappa shape index (κ2) is 13.5. The molecule has 230 valence electrons. The summed E-state index contributed by atoms with van der Waals surface area (Å²) in [7, 11) is 0. The van der Waals surface area contributed by atoms with Crippen molar-refractivity contribution in [3.8, 4) is 6.07 Å². The fourth-order valence-corrected chi connectivity index (χ4v) is 6.19. The van der Waals surface area contributed by atoms with Crippen LogP contribution in [0.3, 0.4) is 0 Å². The van der Waals surface area contributed by atoms with Crippen LogP contribution in [0.15, 0.2) is 102 Å². The Bertz CT molecular complexity index is 1770. The van der Waals surface area contributed by atoms with Crippen molar-refractivity contribution in [1.29, 1.82) is 5.26 Å². The smallest absolute Gasteiger partial charge is 0.230 e. The number of aryl methyl sites for hydroxylation is 1. The molecular weight excluding hydrogens is 586 g/mol. The molecule has 10 heteroatoms. The second-order valence-electron chi connectivity index (χ2n) is 11.1. The standard InChI is InChI=1S/C35H35N5O4S/c1-25-32-37-19-30(40(32)39-33(38-25)45-3)35(24-36)34(2,43-22-28-17-11-6-12-18-28)31(42-21-27-15-9-5-10-16-27)29(44-35)23-41-20-26-13-7-4-8-14-26/h4-19,29,31H,20-23H2,1-3H3/t29-,31-,34-,35?/m1/s1. The van der Waals surface area contributed by atoms with Gasteiger partial charge in [-0.15, -0.1) is 5.10 Å². The van der Waals surface area contributed by atoms with E-state index in [9.17, 15) is 5.26 Å². The quantitative estimate of drug-likeness (QED) is 0.154. The largest absolute Gasteiger partial charge is 0.374 e. The molecule has 5 aromatic rings. The molecule has 1 fully saturated rings. The maximum Gasteiger partial charge on any atom is 0.230 e. The van der Waals surface area contributed by atoms with E-state index >= 15 is 0 Å². The first kappa shape index (κ1) is 30.9. The summed E-state index contributed by atoms with van der Waals surface area (Å²) in [6, 6.07) is 32.2. The number of hydrogen-bond acceptors (Lipinski definition) is 9. The van der Waals surface area contributed by atoms with E-state index < -0.39 is 23.4 Å². The molecule has 2 aromatic heterocycles. The van der Waals surface area contributed by atoms with Crippen LogP contribution < -0.4 is 0 Å². The van der Waals surface area contributed by atoms with Crippen molar-refractivity contribution < 1.29 is 18.9 Å². The Morgan fingerprint density at radius 3 is 2.11 bits per heavy atom. The third-order valence-electron chi connectivity index (χ3n) is 8.17. The third-order valence-corrected chi connectivity index (χ3v) is 8.70. The zero-order chi connectivity index (χ0) is 31.3. The SMILES string of the molecule is CSc1nc(C)c2ncc(C3(C#N)O[C@H](COCc4ccccc4)[C@@H](OCc4ccccc4)[C@@]3(C)OCc3ccccc3)n2n1. The average Bonchev–Trinajstić information content (AvgIpc) is 3.61. The van der Waals surface area contributed by atoms with Gasteiger partial charge in [-0.05, 0) is 36.8 Å². The maximum atomic E-state index is 11.2. The Labute approximate surface area is 267 Å². The average molecular weight is 622 g/mol. The molecule has 1 saturated heterocycles. The van der Waals surface area contributed by atoms with E-state index in [2.05, 4.69) is 16.0 Å². The summed E-state index contributed by atoms with van der Waals surface area (Å²) >= 11 is 1.41. The lowest BCUT2D eigenvalue weighted by Crippen LogP contribution is -2.55. The van der Waals surface area contributed by atoms with Gasteiger partial charge in [0.15, 0.2) is 5.65 Å². The minimum absolute atomic E-state index is 0.170. The normalized spacial score (nSPS) is 22.9. The number of rotatable bonds is 12. The first-order valence-electron chi connectivity index (χ1n) is 14.8. The summed E-state index contributed by atoms with van der Waals surface area (Å²) in [5.41, 5.74) is 1.67. The first-order chi connectivity index (χ1) is 22.0. The Balaban J connectivity index is 1.44.